The maximum Gasteiger partial charge on any atom is 0.247 e. The van der Waals surface area contributed by atoms with Crippen LogP contribution >= 0.6 is 0 Å². The van der Waals surface area contributed by atoms with E-state index in [9.17, 15) is 4.79 Å². The number of carbonyl (C=O) groups excluding carboxylic acids is 1. The standard InChI is InChI=1S/C22H31N7O/c1-3-15(2)21(23)19-14-29(27-26-19)20(22(30)28-10-8-24-9-11-28)13-17-12-16-6-4-5-7-18(16)25-17/h4-7,12,14-15,20-21,24-25H,3,8-11,13,23H2,1-2H3/t15?,20-,21+/m1/s1. The minimum atomic E-state index is -0.457. The molecule has 3 heterocycles. The second-order valence-corrected chi connectivity index (χ2v) is 8.21. The van der Waals surface area contributed by atoms with E-state index in [-0.39, 0.29) is 11.9 Å². The second-order valence-electron chi connectivity index (χ2n) is 8.21. The first-order valence-electron chi connectivity index (χ1n) is 10.8. The fraction of sp³-hybridized carbons (Fsp3) is 0.500. The van der Waals surface area contributed by atoms with Crippen LogP contribution in [0.2, 0.25) is 0 Å². The Hall–Kier alpha value is -2.71. The lowest BCUT2D eigenvalue weighted by Crippen LogP contribution is -2.49. The number of benzene rings is 1. The number of piperazine rings is 1. The van der Waals surface area contributed by atoms with Crippen molar-refractivity contribution in [2.24, 2.45) is 11.7 Å². The van der Waals surface area contributed by atoms with Crippen molar-refractivity contribution in [3.05, 3.63) is 47.9 Å². The Balaban J connectivity index is 1.63. The summed E-state index contributed by atoms with van der Waals surface area (Å²) in [5.41, 5.74) is 9.17. The molecule has 0 bridgehead atoms. The Bertz CT molecular complexity index is 955. The van der Waals surface area contributed by atoms with E-state index in [0.717, 1.165) is 41.8 Å². The Morgan fingerprint density at radius 1 is 1.27 bits per heavy atom. The van der Waals surface area contributed by atoms with Crippen LogP contribution < -0.4 is 11.1 Å². The number of carbonyl (C=O) groups is 1. The van der Waals surface area contributed by atoms with E-state index in [4.69, 9.17) is 5.73 Å². The molecule has 2 aromatic heterocycles. The molecule has 8 heteroatoms. The van der Waals surface area contributed by atoms with Gasteiger partial charge in [0.25, 0.3) is 0 Å². The number of para-hydroxylation sites is 1. The maximum atomic E-state index is 13.5. The normalized spacial score (nSPS) is 17.8. The highest BCUT2D eigenvalue weighted by atomic mass is 16.2. The van der Waals surface area contributed by atoms with E-state index >= 15 is 0 Å². The number of fused-ring (bicyclic) bond motifs is 1. The molecule has 3 aromatic rings. The number of hydrogen-bond donors (Lipinski definition) is 3. The molecule has 4 rings (SSSR count). The largest absolute Gasteiger partial charge is 0.358 e. The van der Waals surface area contributed by atoms with Gasteiger partial charge in [-0.3, -0.25) is 4.79 Å². The van der Waals surface area contributed by atoms with E-state index in [0.29, 0.717) is 25.4 Å². The minimum absolute atomic E-state index is 0.0729. The first kappa shape index (κ1) is 20.6. The number of nitrogens with one attached hydrogen (secondary N) is 2. The molecular weight excluding hydrogens is 378 g/mol. The number of H-pyrrole nitrogens is 1. The summed E-state index contributed by atoms with van der Waals surface area (Å²) in [6, 6.07) is 9.60. The SMILES string of the molecule is CCC(C)[C@H](N)c1cn([C@H](Cc2cc3ccccc3[nH]2)C(=O)N2CCNCC2)nn1. The quantitative estimate of drug-likeness (QED) is 0.554. The van der Waals surface area contributed by atoms with Gasteiger partial charge in [0.15, 0.2) is 0 Å². The lowest BCUT2D eigenvalue weighted by atomic mass is 9.98. The Morgan fingerprint density at radius 2 is 2.03 bits per heavy atom. The molecule has 1 aliphatic rings. The van der Waals surface area contributed by atoms with Crippen molar-refractivity contribution in [1.29, 1.82) is 0 Å². The molecule has 1 unspecified atom stereocenters. The van der Waals surface area contributed by atoms with Gasteiger partial charge in [0.1, 0.15) is 6.04 Å². The van der Waals surface area contributed by atoms with Gasteiger partial charge in [0, 0.05) is 43.8 Å². The molecule has 0 spiro atoms. The van der Waals surface area contributed by atoms with Crippen molar-refractivity contribution in [1.82, 2.24) is 30.2 Å². The van der Waals surface area contributed by atoms with E-state index in [1.54, 1.807) is 4.68 Å². The van der Waals surface area contributed by atoms with E-state index < -0.39 is 6.04 Å². The summed E-state index contributed by atoms with van der Waals surface area (Å²) in [7, 11) is 0. The number of nitrogens with zero attached hydrogens (tertiary/aromatic N) is 4. The van der Waals surface area contributed by atoms with Crippen molar-refractivity contribution in [2.75, 3.05) is 26.2 Å². The van der Waals surface area contributed by atoms with E-state index in [2.05, 4.69) is 46.6 Å². The molecule has 0 radical (unpaired) electrons. The van der Waals surface area contributed by atoms with Crippen LogP contribution in [0.3, 0.4) is 0 Å². The number of aromatic nitrogens is 4. The maximum absolute atomic E-state index is 13.5. The van der Waals surface area contributed by atoms with Gasteiger partial charge in [-0.1, -0.05) is 43.7 Å². The summed E-state index contributed by atoms with van der Waals surface area (Å²) in [6.45, 7) is 7.25. The molecule has 0 aliphatic carbocycles. The summed E-state index contributed by atoms with van der Waals surface area (Å²) in [4.78, 5) is 18.8. The van der Waals surface area contributed by atoms with Crippen LogP contribution in [0.5, 0.6) is 0 Å². The van der Waals surface area contributed by atoms with E-state index in [1.165, 1.54) is 0 Å². The third kappa shape index (κ3) is 4.24. The van der Waals surface area contributed by atoms with Crippen LogP contribution in [0.1, 0.15) is 43.7 Å². The summed E-state index contributed by atoms with van der Waals surface area (Å²) in [6.07, 6.45) is 3.34. The Labute approximate surface area is 176 Å². The van der Waals surface area contributed by atoms with Gasteiger partial charge in [0.2, 0.25) is 5.91 Å². The topological polar surface area (TPSA) is 105 Å². The van der Waals surface area contributed by atoms with Gasteiger partial charge in [0.05, 0.1) is 17.9 Å². The summed E-state index contributed by atoms with van der Waals surface area (Å²) in [5, 5.41) is 13.1. The first-order valence-corrected chi connectivity index (χ1v) is 10.8. The minimum Gasteiger partial charge on any atom is -0.358 e. The molecule has 1 fully saturated rings. The zero-order valence-electron chi connectivity index (χ0n) is 17.7. The smallest absolute Gasteiger partial charge is 0.247 e. The van der Waals surface area contributed by atoms with Gasteiger partial charge in [-0.2, -0.15) is 0 Å². The summed E-state index contributed by atoms with van der Waals surface area (Å²) in [5.74, 6) is 0.370. The first-order chi connectivity index (χ1) is 14.6. The molecule has 1 amide bonds. The van der Waals surface area contributed by atoms with Gasteiger partial charge < -0.3 is 20.9 Å². The van der Waals surface area contributed by atoms with Crippen molar-refractivity contribution >= 4 is 16.8 Å². The molecule has 8 nitrogen and oxygen atoms in total. The van der Waals surface area contributed by atoms with Crippen LogP contribution in [0.4, 0.5) is 0 Å². The third-order valence-corrected chi connectivity index (χ3v) is 6.16. The highest BCUT2D eigenvalue weighted by molar-refractivity contribution is 5.82. The number of hydrogen-bond acceptors (Lipinski definition) is 5. The van der Waals surface area contributed by atoms with Crippen molar-refractivity contribution in [3.8, 4) is 0 Å². The fourth-order valence-corrected chi connectivity index (χ4v) is 3.98. The van der Waals surface area contributed by atoms with Crippen molar-refractivity contribution in [2.45, 2.75) is 38.8 Å². The predicted molar refractivity (Wildman–Crippen MR) is 117 cm³/mol. The third-order valence-electron chi connectivity index (χ3n) is 6.16. The fourth-order valence-electron chi connectivity index (χ4n) is 3.98. The van der Waals surface area contributed by atoms with Crippen LogP contribution in [0.25, 0.3) is 10.9 Å². The van der Waals surface area contributed by atoms with Gasteiger partial charge >= 0.3 is 0 Å². The molecule has 1 saturated heterocycles. The summed E-state index contributed by atoms with van der Waals surface area (Å²) < 4.78 is 1.70. The van der Waals surface area contributed by atoms with Crippen LogP contribution in [0, 0.1) is 5.92 Å². The van der Waals surface area contributed by atoms with Crippen molar-refractivity contribution < 1.29 is 4.79 Å². The average Bonchev–Trinajstić information content (AvgIpc) is 3.43. The molecule has 1 aliphatic heterocycles. The zero-order valence-corrected chi connectivity index (χ0v) is 17.7. The molecule has 0 saturated carbocycles. The van der Waals surface area contributed by atoms with Gasteiger partial charge in [-0.15, -0.1) is 5.10 Å². The zero-order chi connectivity index (χ0) is 21.1. The highest BCUT2D eigenvalue weighted by Crippen LogP contribution is 2.24. The number of rotatable bonds is 7. The second kappa shape index (κ2) is 8.97. The Morgan fingerprint density at radius 3 is 2.77 bits per heavy atom. The predicted octanol–water partition coefficient (Wildman–Crippen LogP) is 2.02. The van der Waals surface area contributed by atoms with Crippen LogP contribution in [0.15, 0.2) is 36.5 Å². The molecule has 160 valence electrons. The molecular formula is C22H31N7O. The number of aromatic amines is 1. The van der Waals surface area contributed by atoms with Gasteiger partial charge in [-0.25, -0.2) is 4.68 Å². The monoisotopic (exact) mass is 409 g/mol. The lowest BCUT2D eigenvalue weighted by molar-refractivity contribution is -0.135. The molecule has 4 N–H and O–H groups in total. The van der Waals surface area contributed by atoms with Gasteiger partial charge in [-0.05, 0) is 23.4 Å². The van der Waals surface area contributed by atoms with E-state index in [1.807, 2.05) is 29.3 Å². The van der Waals surface area contributed by atoms with Crippen LogP contribution in [-0.4, -0.2) is 57.0 Å². The lowest BCUT2D eigenvalue weighted by Gasteiger charge is -2.30. The van der Waals surface area contributed by atoms with Crippen LogP contribution in [-0.2, 0) is 11.2 Å². The summed E-state index contributed by atoms with van der Waals surface area (Å²) >= 11 is 0. The molecule has 30 heavy (non-hydrogen) atoms. The molecule has 1 aromatic carbocycles. The number of amides is 1. The van der Waals surface area contributed by atoms with Crippen molar-refractivity contribution in [3.63, 3.8) is 0 Å². The molecule has 3 atom stereocenters. The number of nitrogens with two attached hydrogens (primary N) is 1. The average molecular weight is 410 g/mol. The Kier molecular flexibility index (Phi) is 6.15. The highest BCUT2D eigenvalue weighted by Gasteiger charge is 2.29.